The minimum Gasteiger partial charge on any atom is -0.454 e. The third-order valence-electron chi connectivity index (χ3n) is 4.69. The Bertz CT molecular complexity index is 1250. The van der Waals surface area contributed by atoms with Crippen LogP contribution >= 0.6 is 33.1 Å². The van der Waals surface area contributed by atoms with Crippen molar-refractivity contribution in [3.8, 4) is 16.4 Å². The van der Waals surface area contributed by atoms with Crippen LogP contribution in [0, 0.1) is 9.39 Å². The molecule has 0 aliphatic heterocycles. The molecule has 0 aliphatic rings. The molecule has 28 heavy (non-hydrogen) atoms. The Morgan fingerprint density at radius 1 is 0.714 bits per heavy atom. The second kappa shape index (κ2) is 7.18. The van der Waals surface area contributed by atoms with Gasteiger partial charge in [0, 0.05) is 36.9 Å². The van der Waals surface area contributed by atoms with Crippen molar-refractivity contribution < 1.29 is 9.13 Å². The van der Waals surface area contributed by atoms with Crippen LogP contribution in [0.25, 0.3) is 25.1 Å². The predicted molar refractivity (Wildman–Crippen MR) is 124 cm³/mol. The minimum absolute atomic E-state index is 0.133. The average molecular weight is 497 g/mol. The van der Waals surface area contributed by atoms with Gasteiger partial charge in [0.1, 0.15) is 5.75 Å². The average Bonchev–Trinajstić information content (AvgIpc) is 3.05. The highest BCUT2D eigenvalue weighted by Crippen LogP contribution is 2.48. The van der Waals surface area contributed by atoms with E-state index in [0.717, 1.165) is 3.57 Å². The number of ether oxygens (including phenoxy) is 1. The van der Waals surface area contributed by atoms with Crippen molar-refractivity contribution in [1.29, 1.82) is 0 Å². The maximum absolute atomic E-state index is 14.1. The molecule has 1 nitrogen and oxygen atoms in total. The van der Waals surface area contributed by atoms with Gasteiger partial charge in [-0.3, -0.25) is 0 Å². The summed E-state index contributed by atoms with van der Waals surface area (Å²) in [6, 6.07) is 30.2. The fraction of sp³-hybridized carbons (Fsp3) is 0. The molecular formula is C24H15FIOS+. The van der Waals surface area contributed by atoms with Crippen molar-refractivity contribution >= 4 is 53.2 Å². The van der Waals surface area contributed by atoms with Gasteiger partial charge < -0.3 is 4.74 Å². The fourth-order valence-corrected chi connectivity index (χ4v) is 6.27. The van der Waals surface area contributed by atoms with Gasteiger partial charge in [-0.05, 0) is 77.2 Å². The molecular weight excluding hydrogens is 482 g/mol. The fourth-order valence-electron chi connectivity index (χ4n) is 3.44. The third kappa shape index (κ3) is 3.06. The lowest BCUT2D eigenvalue weighted by molar-refractivity contribution is 0.442. The minimum atomic E-state index is -0.350. The first-order valence-electron chi connectivity index (χ1n) is 8.86. The van der Waals surface area contributed by atoms with E-state index in [0.29, 0.717) is 5.75 Å². The van der Waals surface area contributed by atoms with Crippen molar-refractivity contribution in [2.24, 2.45) is 0 Å². The Balaban J connectivity index is 1.57. The Morgan fingerprint density at radius 3 is 1.93 bits per heavy atom. The van der Waals surface area contributed by atoms with Crippen molar-refractivity contribution in [3.05, 3.63) is 100 Å². The lowest BCUT2D eigenvalue weighted by Crippen LogP contribution is -1.88. The molecule has 1 aromatic heterocycles. The Morgan fingerprint density at radius 2 is 1.32 bits per heavy atom. The standard InChI is InChI=1S/C24H15FIOS/c25-21-15-16(26)9-14-22(21)27-17-10-12-18(13-11-17)28-23-7-3-1-5-19(23)20-6-2-4-8-24(20)28/h1-15H/q+1. The van der Waals surface area contributed by atoms with Crippen LogP contribution in [-0.2, 0) is 0 Å². The molecule has 4 heteroatoms. The molecule has 0 radical (unpaired) electrons. The lowest BCUT2D eigenvalue weighted by atomic mass is 10.2. The maximum atomic E-state index is 14.1. The second-order valence-corrected chi connectivity index (χ2v) is 9.66. The van der Waals surface area contributed by atoms with Crippen molar-refractivity contribution in [2.75, 3.05) is 0 Å². The van der Waals surface area contributed by atoms with E-state index in [1.807, 2.05) is 18.2 Å². The van der Waals surface area contributed by atoms with E-state index in [2.05, 4.69) is 83.3 Å². The predicted octanol–water partition coefficient (Wildman–Crippen LogP) is 8.27. The summed E-state index contributed by atoms with van der Waals surface area (Å²) < 4.78 is 23.4. The molecule has 136 valence electrons. The monoisotopic (exact) mass is 497 g/mol. The summed E-state index contributed by atoms with van der Waals surface area (Å²) in [6.45, 7) is 0. The zero-order chi connectivity index (χ0) is 19.1. The first kappa shape index (κ1) is 17.6. The van der Waals surface area contributed by atoms with E-state index in [1.54, 1.807) is 6.07 Å². The molecule has 0 bridgehead atoms. The van der Waals surface area contributed by atoms with Crippen LogP contribution in [0.4, 0.5) is 4.39 Å². The maximum Gasteiger partial charge on any atom is 0.187 e. The molecule has 5 rings (SSSR count). The van der Waals surface area contributed by atoms with Crippen molar-refractivity contribution in [3.63, 3.8) is 0 Å². The van der Waals surface area contributed by atoms with E-state index in [4.69, 9.17) is 4.74 Å². The van der Waals surface area contributed by atoms with Crippen LogP contribution < -0.4 is 4.74 Å². The molecule has 0 spiro atoms. The molecule has 0 N–H and O–H groups in total. The first-order chi connectivity index (χ1) is 13.7. The highest BCUT2D eigenvalue weighted by Gasteiger charge is 2.22. The smallest absolute Gasteiger partial charge is 0.187 e. The highest BCUT2D eigenvalue weighted by atomic mass is 127. The lowest BCUT2D eigenvalue weighted by Gasteiger charge is -2.06. The van der Waals surface area contributed by atoms with Gasteiger partial charge in [0.2, 0.25) is 0 Å². The topological polar surface area (TPSA) is 9.23 Å². The van der Waals surface area contributed by atoms with Gasteiger partial charge in [0.05, 0.1) is 0 Å². The molecule has 0 atom stereocenters. The number of fused-ring (bicyclic) bond motifs is 3. The van der Waals surface area contributed by atoms with Crippen LogP contribution in [0.5, 0.6) is 11.5 Å². The van der Waals surface area contributed by atoms with Crippen LogP contribution in [-0.4, -0.2) is 0 Å². The van der Waals surface area contributed by atoms with Gasteiger partial charge in [0.15, 0.2) is 25.9 Å². The van der Waals surface area contributed by atoms with Gasteiger partial charge in [0.25, 0.3) is 0 Å². The molecule has 0 aliphatic carbocycles. The number of rotatable bonds is 3. The largest absolute Gasteiger partial charge is 0.454 e. The van der Waals surface area contributed by atoms with Crippen LogP contribution in [0.1, 0.15) is 0 Å². The van der Waals surface area contributed by atoms with E-state index in [-0.39, 0.29) is 22.0 Å². The number of hydrogen-bond acceptors (Lipinski definition) is 1. The quantitative estimate of drug-likeness (QED) is 0.180. The van der Waals surface area contributed by atoms with Crippen LogP contribution in [0.15, 0.2) is 91.0 Å². The molecule has 0 unspecified atom stereocenters. The molecule has 0 amide bonds. The van der Waals surface area contributed by atoms with Crippen molar-refractivity contribution in [2.45, 2.75) is 0 Å². The number of thiophene rings is 1. The van der Waals surface area contributed by atoms with Gasteiger partial charge in [-0.2, -0.15) is 0 Å². The second-order valence-electron chi connectivity index (χ2n) is 6.45. The molecule has 0 fully saturated rings. The molecule has 0 saturated carbocycles. The zero-order valence-corrected chi connectivity index (χ0v) is 17.7. The van der Waals surface area contributed by atoms with Crippen molar-refractivity contribution in [1.82, 2.24) is 0 Å². The van der Waals surface area contributed by atoms with Crippen LogP contribution in [0.2, 0.25) is 0 Å². The Hall–Kier alpha value is -2.44. The zero-order valence-electron chi connectivity index (χ0n) is 14.7. The summed E-state index contributed by atoms with van der Waals surface area (Å²) in [4.78, 5) is 1.23. The highest BCUT2D eigenvalue weighted by molar-refractivity contribution is 14.1. The Kier molecular flexibility index (Phi) is 4.53. The molecule has 5 aromatic rings. The first-order valence-corrected chi connectivity index (χ1v) is 11.2. The van der Waals surface area contributed by atoms with Gasteiger partial charge in [-0.15, -0.1) is 0 Å². The molecule has 0 saturated heterocycles. The SMILES string of the molecule is Fc1cc(I)ccc1Oc1ccc(-[s+]2c3ccccc3c3ccccc32)cc1. The summed E-state index contributed by atoms with van der Waals surface area (Å²) in [5, 5.41) is 2.62. The van der Waals surface area contributed by atoms with Crippen LogP contribution in [0.3, 0.4) is 0 Å². The van der Waals surface area contributed by atoms with E-state index in [9.17, 15) is 4.39 Å². The summed E-state index contributed by atoms with van der Waals surface area (Å²) in [5.41, 5.74) is 0. The summed E-state index contributed by atoms with van der Waals surface area (Å²) in [5.74, 6) is 0.525. The van der Waals surface area contributed by atoms with Gasteiger partial charge in [-0.1, -0.05) is 24.3 Å². The summed E-state index contributed by atoms with van der Waals surface area (Å²) in [7, 11) is -0.133. The summed E-state index contributed by atoms with van der Waals surface area (Å²) in [6.07, 6.45) is 0. The van der Waals surface area contributed by atoms with E-state index < -0.39 is 0 Å². The number of benzene rings is 4. The van der Waals surface area contributed by atoms with Gasteiger partial charge in [-0.25, -0.2) is 4.39 Å². The van der Waals surface area contributed by atoms with E-state index >= 15 is 0 Å². The number of halogens is 2. The molecule has 4 aromatic carbocycles. The van der Waals surface area contributed by atoms with Gasteiger partial charge >= 0.3 is 0 Å². The molecule has 1 heterocycles. The van der Waals surface area contributed by atoms with E-state index in [1.165, 1.54) is 31.1 Å². The number of hydrogen-bond donors (Lipinski definition) is 0. The Labute approximate surface area is 178 Å². The third-order valence-corrected chi connectivity index (χ3v) is 7.69. The normalized spacial score (nSPS) is 11.2. The summed E-state index contributed by atoms with van der Waals surface area (Å²) >= 11 is 2.08.